The van der Waals surface area contributed by atoms with E-state index >= 15 is 0 Å². The van der Waals surface area contributed by atoms with Crippen molar-refractivity contribution < 1.29 is 14.8 Å². The number of likely N-dealkylation sites (tertiary alicyclic amines) is 1. The topological polar surface area (TPSA) is 75.8 Å². The normalized spacial score (nSPS) is 18.6. The van der Waals surface area contributed by atoms with Gasteiger partial charge in [-0.3, -0.25) is 15.0 Å². The highest BCUT2D eigenvalue weighted by molar-refractivity contribution is 5.85. The average molecular weight is 303 g/mol. The number of aliphatic hydroxyl groups excluding tert-OH is 1. The van der Waals surface area contributed by atoms with Crippen LogP contribution in [0.25, 0.3) is 0 Å². The molecule has 1 N–H and O–H groups in total. The maximum atomic E-state index is 10.8. The summed E-state index contributed by atoms with van der Waals surface area (Å²) in [6, 6.07) is 4.75. The summed E-state index contributed by atoms with van der Waals surface area (Å²) in [4.78, 5) is 12.6. The number of benzene rings is 1. The fraction of sp³-hybridized carbons (Fsp3) is 0.538. The molecule has 1 saturated heterocycles. The highest BCUT2D eigenvalue weighted by atomic mass is 35.5. The number of hydrogen-bond acceptors (Lipinski definition) is 5. The van der Waals surface area contributed by atoms with Crippen molar-refractivity contribution in [2.75, 3.05) is 20.3 Å². The molecular weight excluding hydrogens is 284 g/mol. The van der Waals surface area contributed by atoms with E-state index in [1.54, 1.807) is 19.2 Å². The molecule has 0 radical (unpaired) electrons. The van der Waals surface area contributed by atoms with Gasteiger partial charge in [-0.1, -0.05) is 0 Å². The summed E-state index contributed by atoms with van der Waals surface area (Å²) in [6.07, 6.45) is 2.01. The van der Waals surface area contributed by atoms with Crippen LogP contribution in [0.3, 0.4) is 0 Å². The van der Waals surface area contributed by atoms with Crippen molar-refractivity contribution in [3.05, 3.63) is 33.9 Å². The van der Waals surface area contributed by atoms with Gasteiger partial charge in [-0.25, -0.2) is 0 Å². The van der Waals surface area contributed by atoms with Gasteiger partial charge in [-0.05, 0) is 25.5 Å². The summed E-state index contributed by atoms with van der Waals surface area (Å²) in [5, 5.41) is 20.1. The number of nitro benzene ring substituents is 1. The summed E-state index contributed by atoms with van der Waals surface area (Å²) >= 11 is 0. The monoisotopic (exact) mass is 302 g/mol. The first kappa shape index (κ1) is 16.7. The first-order valence-electron chi connectivity index (χ1n) is 6.32. The number of ether oxygens (including phenoxy) is 1. The number of non-ortho nitro benzene ring substituents is 1. The molecule has 0 amide bonds. The lowest BCUT2D eigenvalue weighted by atomic mass is 10.1. The number of halogens is 1. The van der Waals surface area contributed by atoms with Gasteiger partial charge >= 0.3 is 0 Å². The van der Waals surface area contributed by atoms with Crippen LogP contribution in [0.1, 0.15) is 18.4 Å². The van der Waals surface area contributed by atoms with E-state index in [-0.39, 0.29) is 30.7 Å². The summed E-state index contributed by atoms with van der Waals surface area (Å²) in [5.74, 6) is 0.647. The minimum absolute atomic E-state index is 0. The van der Waals surface area contributed by atoms with E-state index in [9.17, 15) is 15.2 Å². The van der Waals surface area contributed by atoms with Crippen molar-refractivity contribution in [2.45, 2.75) is 25.4 Å². The number of hydrogen-bond donors (Lipinski definition) is 1. The zero-order chi connectivity index (χ0) is 13.8. The van der Waals surface area contributed by atoms with Crippen molar-refractivity contribution in [1.29, 1.82) is 0 Å². The lowest BCUT2D eigenvalue weighted by molar-refractivity contribution is -0.385. The van der Waals surface area contributed by atoms with Gasteiger partial charge in [0.15, 0.2) is 0 Å². The maximum absolute atomic E-state index is 10.8. The van der Waals surface area contributed by atoms with Gasteiger partial charge in [0.1, 0.15) is 5.75 Å². The van der Waals surface area contributed by atoms with E-state index in [0.717, 1.165) is 24.9 Å². The fourth-order valence-electron chi connectivity index (χ4n) is 2.53. The zero-order valence-electron chi connectivity index (χ0n) is 11.3. The molecule has 0 unspecified atom stereocenters. The van der Waals surface area contributed by atoms with Gasteiger partial charge in [0.05, 0.1) is 18.6 Å². The quantitative estimate of drug-likeness (QED) is 0.665. The van der Waals surface area contributed by atoms with Crippen molar-refractivity contribution in [2.24, 2.45) is 0 Å². The van der Waals surface area contributed by atoms with Crippen molar-refractivity contribution in [3.8, 4) is 5.75 Å². The summed E-state index contributed by atoms with van der Waals surface area (Å²) < 4.78 is 5.25. The Hall–Kier alpha value is -1.37. The van der Waals surface area contributed by atoms with E-state index < -0.39 is 4.92 Å². The predicted octanol–water partition coefficient (Wildman–Crippen LogP) is 1.98. The third-order valence-corrected chi connectivity index (χ3v) is 3.56. The van der Waals surface area contributed by atoms with Crippen LogP contribution in [-0.2, 0) is 6.54 Å². The molecule has 20 heavy (non-hydrogen) atoms. The minimum Gasteiger partial charge on any atom is -0.496 e. The molecule has 0 aromatic heterocycles. The summed E-state index contributed by atoms with van der Waals surface area (Å²) in [7, 11) is 1.55. The van der Waals surface area contributed by atoms with E-state index in [1.807, 2.05) is 0 Å². The standard InChI is InChI=1S/C13H18N2O4.ClH/c1-19-13-5-4-11(15(17)18)7-10(13)8-14-6-2-3-12(14)9-16;/h4-5,7,12,16H,2-3,6,8-9H2,1H3;1H/t12-;/m0./s1. The highest BCUT2D eigenvalue weighted by Crippen LogP contribution is 2.28. The van der Waals surface area contributed by atoms with Gasteiger partial charge in [0.25, 0.3) is 5.69 Å². The van der Waals surface area contributed by atoms with E-state index in [0.29, 0.717) is 12.3 Å². The average Bonchev–Trinajstić information content (AvgIpc) is 2.85. The number of methoxy groups -OCH3 is 1. The Morgan fingerprint density at radius 3 is 2.90 bits per heavy atom. The first-order chi connectivity index (χ1) is 9.15. The van der Waals surface area contributed by atoms with Crippen molar-refractivity contribution in [1.82, 2.24) is 4.90 Å². The third kappa shape index (κ3) is 3.59. The Labute approximate surface area is 123 Å². The predicted molar refractivity (Wildman–Crippen MR) is 77.4 cm³/mol. The van der Waals surface area contributed by atoms with Crippen molar-refractivity contribution >= 4 is 18.1 Å². The Morgan fingerprint density at radius 1 is 1.55 bits per heavy atom. The van der Waals surface area contributed by atoms with Crippen LogP contribution < -0.4 is 4.74 Å². The number of nitro groups is 1. The van der Waals surface area contributed by atoms with Gasteiger partial charge in [-0.15, -0.1) is 12.4 Å². The van der Waals surface area contributed by atoms with Gasteiger partial charge < -0.3 is 9.84 Å². The molecule has 112 valence electrons. The van der Waals surface area contributed by atoms with Crippen LogP contribution in [0.2, 0.25) is 0 Å². The lowest BCUT2D eigenvalue weighted by Crippen LogP contribution is -2.31. The Bertz CT molecular complexity index is 470. The molecular formula is C13H19ClN2O4. The molecule has 1 fully saturated rings. The molecule has 0 spiro atoms. The van der Waals surface area contributed by atoms with Gasteiger partial charge in [-0.2, -0.15) is 0 Å². The summed E-state index contributed by atoms with van der Waals surface area (Å²) in [6.45, 7) is 1.59. The Morgan fingerprint density at radius 2 is 2.30 bits per heavy atom. The second-order valence-corrected chi connectivity index (χ2v) is 4.70. The molecule has 1 aliphatic rings. The largest absolute Gasteiger partial charge is 0.496 e. The van der Waals surface area contributed by atoms with Crippen LogP contribution in [0, 0.1) is 10.1 Å². The third-order valence-electron chi connectivity index (χ3n) is 3.56. The molecule has 1 aromatic carbocycles. The molecule has 0 bridgehead atoms. The zero-order valence-corrected chi connectivity index (χ0v) is 12.1. The van der Waals surface area contributed by atoms with E-state index in [2.05, 4.69) is 4.90 Å². The number of aliphatic hydroxyl groups is 1. The van der Waals surface area contributed by atoms with Crippen LogP contribution in [0.4, 0.5) is 5.69 Å². The van der Waals surface area contributed by atoms with Gasteiger partial charge in [0.2, 0.25) is 0 Å². The molecule has 1 aliphatic heterocycles. The van der Waals surface area contributed by atoms with Crippen LogP contribution in [-0.4, -0.2) is 41.2 Å². The van der Waals surface area contributed by atoms with Crippen LogP contribution in [0.5, 0.6) is 5.75 Å². The van der Waals surface area contributed by atoms with E-state index in [1.165, 1.54) is 6.07 Å². The number of nitrogens with zero attached hydrogens (tertiary/aromatic N) is 2. The van der Waals surface area contributed by atoms with Gasteiger partial charge in [0, 0.05) is 30.3 Å². The highest BCUT2D eigenvalue weighted by Gasteiger charge is 2.25. The van der Waals surface area contributed by atoms with Crippen molar-refractivity contribution in [3.63, 3.8) is 0 Å². The first-order valence-corrected chi connectivity index (χ1v) is 6.32. The Balaban J connectivity index is 0.00000200. The molecule has 6 nitrogen and oxygen atoms in total. The second kappa shape index (κ2) is 7.42. The maximum Gasteiger partial charge on any atom is 0.270 e. The molecule has 7 heteroatoms. The smallest absolute Gasteiger partial charge is 0.270 e. The number of rotatable bonds is 5. The SMILES string of the molecule is COc1ccc([N+](=O)[O-])cc1CN1CCC[C@H]1CO.Cl. The molecule has 0 saturated carbocycles. The molecule has 1 aromatic rings. The molecule has 2 rings (SSSR count). The van der Waals surface area contributed by atoms with E-state index in [4.69, 9.17) is 4.74 Å². The molecule has 0 aliphatic carbocycles. The summed E-state index contributed by atoms with van der Waals surface area (Å²) in [5.41, 5.74) is 0.854. The minimum atomic E-state index is -0.406. The lowest BCUT2D eigenvalue weighted by Gasteiger charge is -2.23. The Kier molecular flexibility index (Phi) is 6.19. The molecule has 1 atom stereocenters. The molecule has 1 heterocycles. The second-order valence-electron chi connectivity index (χ2n) is 4.70. The van der Waals surface area contributed by atoms with Crippen LogP contribution >= 0.6 is 12.4 Å². The van der Waals surface area contributed by atoms with Crippen LogP contribution in [0.15, 0.2) is 18.2 Å². The fourth-order valence-corrected chi connectivity index (χ4v) is 2.53.